The summed E-state index contributed by atoms with van der Waals surface area (Å²) in [7, 11) is 5.23. The number of hydrogen-bond donors (Lipinski definition) is 1. The zero-order chi connectivity index (χ0) is 24.8. The van der Waals surface area contributed by atoms with E-state index in [1.807, 2.05) is 62.8 Å². The fourth-order valence-corrected chi connectivity index (χ4v) is 4.26. The van der Waals surface area contributed by atoms with Crippen molar-refractivity contribution in [3.63, 3.8) is 0 Å². The van der Waals surface area contributed by atoms with Crippen LogP contribution in [-0.4, -0.2) is 53.0 Å². The predicted octanol–water partition coefficient (Wildman–Crippen LogP) is 4.09. The molecule has 1 N–H and O–H groups in total. The standard InChI is InChI=1S/C28H30N4O3/c1-31-16-8-12-25(31)27(33)30-15-13-22(17-20-9-5-4-6-10-20)32(2)28(34)24-19-23(35-3)18-21-11-7-14-29-26(21)24/h4-12,14,16,18-19,22H,13,15,17H2,1-3H3,(H,30,33). The van der Waals surface area contributed by atoms with Gasteiger partial charge in [0.1, 0.15) is 11.4 Å². The Kier molecular flexibility index (Phi) is 7.45. The first-order valence-electron chi connectivity index (χ1n) is 11.6. The molecule has 2 aromatic heterocycles. The third-order valence-electron chi connectivity index (χ3n) is 6.27. The molecule has 0 fully saturated rings. The van der Waals surface area contributed by atoms with Crippen LogP contribution in [0.4, 0.5) is 0 Å². The number of likely N-dealkylation sites (N-methyl/N-ethyl adjacent to an activating group) is 1. The van der Waals surface area contributed by atoms with Crippen molar-refractivity contribution in [1.29, 1.82) is 0 Å². The van der Waals surface area contributed by atoms with Crippen molar-refractivity contribution in [2.75, 3.05) is 20.7 Å². The molecule has 1 unspecified atom stereocenters. The van der Waals surface area contributed by atoms with Gasteiger partial charge in [0.25, 0.3) is 11.8 Å². The van der Waals surface area contributed by atoms with Gasteiger partial charge < -0.3 is 19.5 Å². The second-order valence-corrected chi connectivity index (χ2v) is 8.56. The van der Waals surface area contributed by atoms with E-state index >= 15 is 0 Å². The van der Waals surface area contributed by atoms with Crippen molar-refractivity contribution in [3.05, 3.63) is 95.9 Å². The molecule has 0 saturated heterocycles. The monoisotopic (exact) mass is 470 g/mol. The molecule has 0 radical (unpaired) electrons. The summed E-state index contributed by atoms with van der Waals surface area (Å²) in [6.07, 6.45) is 4.79. The van der Waals surface area contributed by atoms with E-state index in [4.69, 9.17) is 4.74 Å². The summed E-state index contributed by atoms with van der Waals surface area (Å²) < 4.78 is 7.22. The van der Waals surface area contributed by atoms with Gasteiger partial charge in [-0.2, -0.15) is 0 Å². The van der Waals surface area contributed by atoms with Gasteiger partial charge in [-0.25, -0.2) is 0 Å². The molecule has 1 atom stereocenters. The van der Waals surface area contributed by atoms with E-state index in [2.05, 4.69) is 22.4 Å². The molecule has 0 saturated carbocycles. The highest BCUT2D eigenvalue weighted by atomic mass is 16.5. The minimum atomic E-state index is -0.137. The van der Waals surface area contributed by atoms with Crippen LogP contribution in [0.2, 0.25) is 0 Å². The van der Waals surface area contributed by atoms with Crippen LogP contribution in [-0.2, 0) is 13.5 Å². The number of ether oxygens (including phenoxy) is 1. The highest BCUT2D eigenvalue weighted by Crippen LogP contribution is 2.26. The van der Waals surface area contributed by atoms with Gasteiger partial charge in [0.15, 0.2) is 0 Å². The molecule has 180 valence electrons. The van der Waals surface area contributed by atoms with Crippen LogP contribution in [0.15, 0.2) is 79.1 Å². The van der Waals surface area contributed by atoms with Gasteiger partial charge >= 0.3 is 0 Å². The van der Waals surface area contributed by atoms with Crippen LogP contribution in [0.3, 0.4) is 0 Å². The van der Waals surface area contributed by atoms with E-state index in [1.54, 1.807) is 34.9 Å². The molecular formula is C28H30N4O3. The minimum Gasteiger partial charge on any atom is -0.497 e. The molecule has 2 amide bonds. The number of pyridine rings is 1. The number of rotatable bonds is 9. The Morgan fingerprint density at radius 1 is 1.09 bits per heavy atom. The van der Waals surface area contributed by atoms with Crippen LogP contribution < -0.4 is 10.1 Å². The van der Waals surface area contributed by atoms with E-state index < -0.39 is 0 Å². The minimum absolute atomic E-state index is 0.132. The fourth-order valence-electron chi connectivity index (χ4n) is 4.26. The maximum Gasteiger partial charge on any atom is 0.267 e. The number of carbonyl (C=O) groups excluding carboxylic acids is 2. The average Bonchev–Trinajstić information content (AvgIpc) is 3.33. The van der Waals surface area contributed by atoms with Crippen LogP contribution in [0.5, 0.6) is 5.75 Å². The van der Waals surface area contributed by atoms with Crippen LogP contribution in [0.25, 0.3) is 10.9 Å². The Hall–Kier alpha value is -4.13. The zero-order valence-electron chi connectivity index (χ0n) is 20.3. The van der Waals surface area contributed by atoms with Gasteiger partial charge in [-0.05, 0) is 48.7 Å². The highest BCUT2D eigenvalue weighted by Gasteiger charge is 2.24. The first-order valence-corrected chi connectivity index (χ1v) is 11.6. The van der Waals surface area contributed by atoms with Gasteiger partial charge in [0, 0.05) is 44.5 Å². The SMILES string of the molecule is COc1cc(C(=O)N(C)C(CCNC(=O)c2cccn2C)Cc2ccccc2)c2ncccc2c1. The lowest BCUT2D eigenvalue weighted by Crippen LogP contribution is -2.41. The third kappa shape index (κ3) is 5.51. The number of fused-ring (bicyclic) bond motifs is 1. The van der Waals surface area contributed by atoms with Crippen molar-refractivity contribution >= 4 is 22.7 Å². The Labute approximate surface area is 205 Å². The molecule has 4 aromatic rings. The van der Waals surface area contributed by atoms with Crippen LogP contribution in [0.1, 0.15) is 32.8 Å². The van der Waals surface area contributed by atoms with E-state index in [-0.39, 0.29) is 17.9 Å². The number of nitrogens with one attached hydrogen (secondary N) is 1. The Balaban J connectivity index is 1.56. The number of carbonyl (C=O) groups is 2. The Morgan fingerprint density at radius 3 is 2.60 bits per heavy atom. The predicted molar refractivity (Wildman–Crippen MR) is 137 cm³/mol. The molecule has 4 rings (SSSR count). The highest BCUT2D eigenvalue weighted by molar-refractivity contribution is 6.06. The first kappa shape index (κ1) is 24.0. The van der Waals surface area contributed by atoms with Gasteiger partial charge in [-0.3, -0.25) is 14.6 Å². The summed E-state index contributed by atoms with van der Waals surface area (Å²) in [5, 5.41) is 3.84. The maximum absolute atomic E-state index is 13.7. The molecule has 0 spiro atoms. The Bertz CT molecular complexity index is 1320. The largest absolute Gasteiger partial charge is 0.497 e. The molecular weight excluding hydrogens is 440 g/mol. The number of benzene rings is 2. The van der Waals surface area contributed by atoms with Crippen molar-refractivity contribution in [3.8, 4) is 5.75 Å². The average molecular weight is 471 g/mol. The van der Waals surface area contributed by atoms with Crippen molar-refractivity contribution in [2.45, 2.75) is 18.9 Å². The van der Waals surface area contributed by atoms with E-state index in [0.717, 1.165) is 10.9 Å². The lowest BCUT2D eigenvalue weighted by atomic mass is 10.0. The van der Waals surface area contributed by atoms with Crippen molar-refractivity contribution in [1.82, 2.24) is 19.8 Å². The van der Waals surface area contributed by atoms with Crippen LogP contribution >= 0.6 is 0 Å². The second kappa shape index (κ2) is 10.9. The number of amides is 2. The molecule has 7 heteroatoms. The third-order valence-corrected chi connectivity index (χ3v) is 6.27. The maximum atomic E-state index is 13.7. The summed E-state index contributed by atoms with van der Waals surface area (Å²) in [4.78, 5) is 32.5. The lowest BCUT2D eigenvalue weighted by molar-refractivity contribution is 0.0724. The Morgan fingerprint density at radius 2 is 1.89 bits per heavy atom. The molecule has 7 nitrogen and oxygen atoms in total. The molecule has 35 heavy (non-hydrogen) atoms. The molecule has 0 aliphatic rings. The number of methoxy groups -OCH3 is 1. The number of hydrogen-bond acceptors (Lipinski definition) is 4. The molecule has 0 aliphatic carbocycles. The smallest absolute Gasteiger partial charge is 0.267 e. The normalized spacial score (nSPS) is 11.7. The zero-order valence-corrected chi connectivity index (χ0v) is 20.3. The van der Waals surface area contributed by atoms with Crippen molar-refractivity contribution in [2.24, 2.45) is 7.05 Å². The van der Waals surface area contributed by atoms with Crippen LogP contribution in [0, 0.1) is 0 Å². The number of aryl methyl sites for hydroxylation is 1. The van der Waals surface area contributed by atoms with Gasteiger partial charge in [0.05, 0.1) is 18.2 Å². The quantitative estimate of drug-likeness (QED) is 0.400. The number of nitrogens with zero attached hydrogens (tertiary/aromatic N) is 3. The summed E-state index contributed by atoms with van der Waals surface area (Å²) in [6, 6.07) is 20.9. The van der Waals surface area contributed by atoms with E-state index in [0.29, 0.717) is 41.9 Å². The van der Waals surface area contributed by atoms with Gasteiger partial charge in [0.2, 0.25) is 0 Å². The van der Waals surface area contributed by atoms with E-state index in [1.165, 1.54) is 0 Å². The summed E-state index contributed by atoms with van der Waals surface area (Å²) in [5.74, 6) is 0.340. The lowest BCUT2D eigenvalue weighted by Gasteiger charge is -2.29. The molecule has 0 aliphatic heterocycles. The second-order valence-electron chi connectivity index (χ2n) is 8.56. The summed E-state index contributed by atoms with van der Waals surface area (Å²) >= 11 is 0. The van der Waals surface area contributed by atoms with Gasteiger partial charge in [-0.1, -0.05) is 36.4 Å². The topological polar surface area (TPSA) is 76.5 Å². The summed E-state index contributed by atoms with van der Waals surface area (Å²) in [5.41, 5.74) is 2.86. The molecule has 2 heterocycles. The fraction of sp³-hybridized carbons (Fsp3) is 0.250. The van der Waals surface area contributed by atoms with E-state index in [9.17, 15) is 9.59 Å². The number of aromatic nitrogens is 2. The molecule has 2 aromatic carbocycles. The summed E-state index contributed by atoms with van der Waals surface area (Å²) in [6.45, 7) is 0.441. The molecule has 0 bridgehead atoms. The van der Waals surface area contributed by atoms with Crippen molar-refractivity contribution < 1.29 is 14.3 Å². The first-order chi connectivity index (χ1) is 17.0. The van der Waals surface area contributed by atoms with Gasteiger partial charge in [-0.15, -0.1) is 0 Å².